The number of hydrogen-bond acceptors (Lipinski definition) is 5. The number of imide groups is 1. The van der Waals surface area contributed by atoms with Crippen LogP contribution >= 0.6 is 11.8 Å². The molecule has 0 N–H and O–H groups in total. The SMILES string of the molecule is CCCN1C(=O)S/C(=C\c2cn(CCOc3ccc(OC)cc3)c3ccccc23)C1=O. The van der Waals surface area contributed by atoms with Crippen LogP contribution < -0.4 is 9.47 Å². The third-order valence-electron chi connectivity index (χ3n) is 5.09. The Hall–Kier alpha value is -3.19. The Bertz CT molecular complexity index is 1130. The van der Waals surface area contributed by atoms with Gasteiger partial charge in [-0.05, 0) is 54.6 Å². The lowest BCUT2D eigenvalue weighted by atomic mass is 10.1. The molecule has 3 aromatic rings. The van der Waals surface area contributed by atoms with E-state index in [9.17, 15) is 9.59 Å². The van der Waals surface area contributed by atoms with Crippen LogP contribution in [0.1, 0.15) is 18.9 Å². The Kier molecular flexibility index (Phi) is 6.32. The summed E-state index contributed by atoms with van der Waals surface area (Å²) >= 11 is 1.01. The van der Waals surface area contributed by atoms with E-state index in [0.29, 0.717) is 24.6 Å². The lowest BCUT2D eigenvalue weighted by molar-refractivity contribution is -0.122. The summed E-state index contributed by atoms with van der Waals surface area (Å²) in [6.07, 6.45) is 4.58. The standard InChI is InChI=1S/C24H24N2O4S/c1-3-12-26-23(27)22(31-24(26)28)15-17-16-25(21-7-5-4-6-20(17)21)13-14-30-19-10-8-18(29-2)9-11-19/h4-11,15-16H,3,12-14H2,1-2H3/b22-15-. The summed E-state index contributed by atoms with van der Waals surface area (Å²) in [6, 6.07) is 15.5. The monoisotopic (exact) mass is 436 g/mol. The van der Waals surface area contributed by atoms with Gasteiger partial charge in [-0.15, -0.1) is 0 Å². The van der Waals surface area contributed by atoms with E-state index in [1.165, 1.54) is 4.90 Å². The van der Waals surface area contributed by atoms with Crippen molar-refractivity contribution in [3.05, 3.63) is 65.2 Å². The van der Waals surface area contributed by atoms with Gasteiger partial charge in [-0.3, -0.25) is 14.5 Å². The fraction of sp³-hybridized carbons (Fsp3) is 0.250. The molecule has 1 aliphatic rings. The Balaban J connectivity index is 1.53. The number of nitrogens with zero attached hydrogens (tertiary/aromatic N) is 2. The molecule has 7 heteroatoms. The first-order chi connectivity index (χ1) is 15.1. The molecule has 31 heavy (non-hydrogen) atoms. The van der Waals surface area contributed by atoms with E-state index < -0.39 is 0 Å². The number of aromatic nitrogens is 1. The van der Waals surface area contributed by atoms with Crippen LogP contribution in [0.5, 0.6) is 11.5 Å². The maximum Gasteiger partial charge on any atom is 0.293 e. The Morgan fingerprint density at radius 2 is 1.74 bits per heavy atom. The van der Waals surface area contributed by atoms with Crippen molar-refractivity contribution in [1.82, 2.24) is 9.47 Å². The van der Waals surface area contributed by atoms with E-state index >= 15 is 0 Å². The first-order valence-corrected chi connectivity index (χ1v) is 11.0. The number of rotatable bonds is 8. The Morgan fingerprint density at radius 1 is 1.00 bits per heavy atom. The summed E-state index contributed by atoms with van der Waals surface area (Å²) in [7, 11) is 1.63. The normalized spacial score (nSPS) is 15.3. The van der Waals surface area contributed by atoms with E-state index in [2.05, 4.69) is 4.57 Å². The largest absolute Gasteiger partial charge is 0.497 e. The first kappa shape index (κ1) is 21.1. The van der Waals surface area contributed by atoms with Gasteiger partial charge in [-0.1, -0.05) is 25.1 Å². The van der Waals surface area contributed by atoms with Crippen molar-refractivity contribution in [3.63, 3.8) is 0 Å². The molecule has 2 aromatic carbocycles. The molecule has 1 aliphatic heterocycles. The van der Waals surface area contributed by atoms with E-state index in [4.69, 9.17) is 9.47 Å². The lowest BCUT2D eigenvalue weighted by Gasteiger charge is -2.09. The van der Waals surface area contributed by atoms with Crippen LogP contribution in [0.15, 0.2) is 59.6 Å². The molecule has 1 fully saturated rings. The minimum atomic E-state index is -0.212. The number of carbonyl (C=O) groups excluding carboxylic acids is 2. The second-order valence-electron chi connectivity index (χ2n) is 7.15. The van der Waals surface area contributed by atoms with Gasteiger partial charge in [0, 0.05) is 29.2 Å². The first-order valence-electron chi connectivity index (χ1n) is 10.2. The molecule has 0 atom stereocenters. The lowest BCUT2D eigenvalue weighted by Crippen LogP contribution is -2.28. The van der Waals surface area contributed by atoms with Gasteiger partial charge in [0.15, 0.2) is 0 Å². The molecule has 1 aromatic heterocycles. The average molecular weight is 437 g/mol. The second-order valence-corrected chi connectivity index (χ2v) is 8.15. The molecular weight excluding hydrogens is 412 g/mol. The predicted octanol–water partition coefficient (Wildman–Crippen LogP) is 5.18. The molecule has 0 spiro atoms. The maximum atomic E-state index is 12.6. The zero-order chi connectivity index (χ0) is 21.8. The van der Waals surface area contributed by atoms with Gasteiger partial charge in [0.1, 0.15) is 18.1 Å². The van der Waals surface area contributed by atoms with Crippen molar-refractivity contribution in [2.75, 3.05) is 20.3 Å². The zero-order valence-electron chi connectivity index (χ0n) is 17.5. The quantitative estimate of drug-likeness (QED) is 0.456. The van der Waals surface area contributed by atoms with E-state index in [-0.39, 0.29) is 11.1 Å². The van der Waals surface area contributed by atoms with Crippen LogP contribution in [0.2, 0.25) is 0 Å². The van der Waals surface area contributed by atoms with Crippen LogP contribution in [0.4, 0.5) is 4.79 Å². The molecule has 1 saturated heterocycles. The third kappa shape index (κ3) is 4.46. The van der Waals surface area contributed by atoms with E-state index in [1.54, 1.807) is 7.11 Å². The van der Waals surface area contributed by atoms with Gasteiger partial charge in [-0.2, -0.15) is 0 Å². The van der Waals surface area contributed by atoms with Crippen LogP contribution in [0, 0.1) is 0 Å². The minimum absolute atomic E-state index is 0.199. The molecule has 0 aliphatic carbocycles. The Labute approximate surface area is 185 Å². The highest BCUT2D eigenvalue weighted by Crippen LogP contribution is 2.34. The molecule has 0 radical (unpaired) electrons. The van der Waals surface area contributed by atoms with E-state index in [1.807, 2.05) is 67.7 Å². The number of benzene rings is 2. The van der Waals surface area contributed by atoms with Gasteiger partial charge in [-0.25, -0.2) is 0 Å². The number of ether oxygens (including phenoxy) is 2. The molecule has 0 saturated carbocycles. The fourth-order valence-electron chi connectivity index (χ4n) is 3.57. The summed E-state index contributed by atoms with van der Waals surface area (Å²) in [5.41, 5.74) is 1.97. The topological polar surface area (TPSA) is 60.8 Å². The molecule has 4 rings (SSSR count). The highest BCUT2D eigenvalue weighted by atomic mass is 32.2. The zero-order valence-corrected chi connectivity index (χ0v) is 18.4. The average Bonchev–Trinajstić information content (AvgIpc) is 3.27. The summed E-state index contributed by atoms with van der Waals surface area (Å²) in [4.78, 5) is 26.6. The summed E-state index contributed by atoms with van der Waals surface area (Å²) in [6.45, 7) is 3.55. The molecule has 6 nitrogen and oxygen atoms in total. The maximum absolute atomic E-state index is 12.6. The molecule has 160 valence electrons. The van der Waals surface area contributed by atoms with Gasteiger partial charge < -0.3 is 14.0 Å². The van der Waals surface area contributed by atoms with Crippen molar-refractivity contribution >= 4 is 39.9 Å². The summed E-state index contributed by atoms with van der Waals surface area (Å²) in [5, 5.41) is 0.837. The van der Waals surface area contributed by atoms with Crippen molar-refractivity contribution < 1.29 is 19.1 Å². The molecule has 2 amide bonds. The van der Waals surface area contributed by atoms with Crippen LogP contribution in [0.3, 0.4) is 0 Å². The van der Waals surface area contributed by atoms with Crippen molar-refractivity contribution in [1.29, 1.82) is 0 Å². The van der Waals surface area contributed by atoms with Crippen molar-refractivity contribution in [3.8, 4) is 11.5 Å². The third-order valence-corrected chi connectivity index (χ3v) is 5.99. The summed E-state index contributed by atoms with van der Waals surface area (Å²) < 4.78 is 13.2. The van der Waals surface area contributed by atoms with E-state index in [0.717, 1.165) is 46.1 Å². The highest BCUT2D eigenvalue weighted by molar-refractivity contribution is 8.18. The molecule has 0 unspecified atom stereocenters. The number of fused-ring (bicyclic) bond motifs is 1. The number of hydrogen-bond donors (Lipinski definition) is 0. The van der Waals surface area contributed by atoms with Crippen LogP contribution in [-0.2, 0) is 11.3 Å². The van der Waals surface area contributed by atoms with Gasteiger partial charge in [0.05, 0.1) is 18.6 Å². The Morgan fingerprint density at radius 3 is 2.48 bits per heavy atom. The van der Waals surface area contributed by atoms with Gasteiger partial charge in [0.2, 0.25) is 0 Å². The number of carbonyl (C=O) groups is 2. The predicted molar refractivity (Wildman–Crippen MR) is 123 cm³/mol. The van der Waals surface area contributed by atoms with Gasteiger partial charge >= 0.3 is 0 Å². The summed E-state index contributed by atoms with van der Waals surface area (Å²) in [5.74, 6) is 1.36. The highest BCUT2D eigenvalue weighted by Gasteiger charge is 2.34. The number of thioether (sulfide) groups is 1. The fourth-order valence-corrected chi connectivity index (χ4v) is 4.42. The van der Waals surface area contributed by atoms with Crippen LogP contribution in [-0.4, -0.2) is 40.9 Å². The number of para-hydroxylation sites is 1. The molecule has 2 heterocycles. The minimum Gasteiger partial charge on any atom is -0.497 e. The number of methoxy groups -OCH3 is 1. The smallest absolute Gasteiger partial charge is 0.293 e. The number of amides is 2. The van der Waals surface area contributed by atoms with Crippen LogP contribution in [0.25, 0.3) is 17.0 Å². The van der Waals surface area contributed by atoms with Crippen molar-refractivity contribution in [2.45, 2.75) is 19.9 Å². The molecular formula is C24H24N2O4S. The second kappa shape index (κ2) is 9.31. The molecule has 0 bridgehead atoms. The van der Waals surface area contributed by atoms with Crippen molar-refractivity contribution in [2.24, 2.45) is 0 Å². The van der Waals surface area contributed by atoms with Gasteiger partial charge in [0.25, 0.3) is 11.1 Å².